The van der Waals surface area contributed by atoms with Crippen LogP contribution in [-0.4, -0.2) is 22.9 Å². The molecule has 0 spiro atoms. The van der Waals surface area contributed by atoms with Crippen molar-refractivity contribution in [2.45, 2.75) is 45.1 Å². The third-order valence-electron chi connectivity index (χ3n) is 2.98. The van der Waals surface area contributed by atoms with Crippen molar-refractivity contribution >= 4 is 0 Å². The summed E-state index contributed by atoms with van der Waals surface area (Å²) in [6.45, 7) is 2.35. The Morgan fingerprint density at radius 3 is 2.67 bits per heavy atom. The van der Waals surface area contributed by atoms with Gasteiger partial charge in [-0.1, -0.05) is 19.8 Å². The van der Waals surface area contributed by atoms with Crippen LogP contribution in [0, 0.1) is 11.8 Å². The Labute approximate surface area is 74.6 Å². The van der Waals surface area contributed by atoms with Crippen molar-refractivity contribution in [3.63, 3.8) is 0 Å². The smallest absolute Gasteiger partial charge is 0.0590 e. The van der Waals surface area contributed by atoms with Crippen molar-refractivity contribution in [3.05, 3.63) is 0 Å². The van der Waals surface area contributed by atoms with Crippen LogP contribution in [0.2, 0.25) is 0 Å². The van der Waals surface area contributed by atoms with Crippen LogP contribution in [0.1, 0.15) is 39.0 Å². The molecular formula is C10H20O2. The van der Waals surface area contributed by atoms with E-state index in [1.807, 2.05) is 0 Å². The molecule has 2 heteroatoms. The van der Waals surface area contributed by atoms with E-state index in [1.165, 1.54) is 12.8 Å². The maximum Gasteiger partial charge on any atom is 0.0590 e. The second-order valence-electron chi connectivity index (χ2n) is 3.98. The van der Waals surface area contributed by atoms with Crippen LogP contribution in [0.3, 0.4) is 0 Å². The van der Waals surface area contributed by atoms with Gasteiger partial charge in [-0.25, -0.2) is 0 Å². The predicted octanol–water partition coefficient (Wildman–Crippen LogP) is 1.56. The van der Waals surface area contributed by atoms with E-state index in [2.05, 4.69) is 6.92 Å². The van der Waals surface area contributed by atoms with Gasteiger partial charge in [-0.15, -0.1) is 0 Å². The minimum absolute atomic E-state index is 0.148. The first kappa shape index (κ1) is 10.0. The van der Waals surface area contributed by atoms with Gasteiger partial charge in [0.25, 0.3) is 0 Å². The lowest BCUT2D eigenvalue weighted by Gasteiger charge is -2.32. The van der Waals surface area contributed by atoms with Crippen LogP contribution in [0.4, 0.5) is 0 Å². The van der Waals surface area contributed by atoms with Gasteiger partial charge in [0.2, 0.25) is 0 Å². The lowest BCUT2D eigenvalue weighted by molar-refractivity contribution is 0.0158. The Morgan fingerprint density at radius 2 is 2.08 bits per heavy atom. The number of hydrogen-bond acceptors (Lipinski definition) is 2. The normalized spacial score (nSPS) is 36.8. The highest BCUT2D eigenvalue weighted by molar-refractivity contribution is 4.78. The molecule has 72 valence electrons. The van der Waals surface area contributed by atoms with Crippen molar-refractivity contribution in [2.24, 2.45) is 11.8 Å². The SMILES string of the molecule is CCCC1CCC(O)C(CO)C1. The van der Waals surface area contributed by atoms with Crippen LogP contribution < -0.4 is 0 Å². The minimum Gasteiger partial charge on any atom is -0.396 e. The lowest BCUT2D eigenvalue weighted by Crippen LogP contribution is -2.31. The van der Waals surface area contributed by atoms with E-state index in [0.717, 1.165) is 25.2 Å². The number of aliphatic hydroxyl groups is 2. The molecule has 0 aromatic rings. The average Bonchev–Trinajstić information content (AvgIpc) is 2.09. The van der Waals surface area contributed by atoms with Crippen LogP contribution in [0.5, 0.6) is 0 Å². The van der Waals surface area contributed by atoms with Crippen LogP contribution in [-0.2, 0) is 0 Å². The summed E-state index contributed by atoms with van der Waals surface area (Å²) in [5.41, 5.74) is 0. The van der Waals surface area contributed by atoms with Gasteiger partial charge in [0, 0.05) is 12.5 Å². The van der Waals surface area contributed by atoms with E-state index >= 15 is 0 Å². The molecule has 0 heterocycles. The zero-order chi connectivity index (χ0) is 8.97. The minimum atomic E-state index is -0.247. The molecule has 0 aromatic carbocycles. The fourth-order valence-electron chi connectivity index (χ4n) is 2.21. The zero-order valence-electron chi connectivity index (χ0n) is 7.87. The van der Waals surface area contributed by atoms with E-state index < -0.39 is 0 Å². The molecular weight excluding hydrogens is 152 g/mol. The number of hydrogen-bond donors (Lipinski definition) is 2. The molecule has 1 saturated carbocycles. The quantitative estimate of drug-likeness (QED) is 0.678. The maximum atomic E-state index is 9.49. The number of aliphatic hydroxyl groups excluding tert-OH is 2. The molecule has 0 amide bonds. The van der Waals surface area contributed by atoms with Gasteiger partial charge >= 0.3 is 0 Å². The molecule has 0 bridgehead atoms. The topological polar surface area (TPSA) is 40.5 Å². The van der Waals surface area contributed by atoms with Crippen molar-refractivity contribution < 1.29 is 10.2 Å². The largest absolute Gasteiger partial charge is 0.396 e. The molecule has 2 nitrogen and oxygen atoms in total. The summed E-state index contributed by atoms with van der Waals surface area (Å²) in [5.74, 6) is 0.894. The zero-order valence-corrected chi connectivity index (χ0v) is 7.87. The third-order valence-corrected chi connectivity index (χ3v) is 2.98. The molecule has 1 aliphatic carbocycles. The second kappa shape index (κ2) is 4.83. The Hall–Kier alpha value is -0.0800. The van der Waals surface area contributed by atoms with Gasteiger partial charge in [0.05, 0.1) is 6.10 Å². The molecule has 2 N–H and O–H groups in total. The molecule has 3 unspecified atom stereocenters. The van der Waals surface area contributed by atoms with Crippen LogP contribution in [0.25, 0.3) is 0 Å². The molecule has 1 aliphatic rings. The van der Waals surface area contributed by atoms with Gasteiger partial charge in [-0.2, -0.15) is 0 Å². The Morgan fingerprint density at radius 1 is 1.33 bits per heavy atom. The average molecular weight is 172 g/mol. The Balaban J connectivity index is 2.33. The molecule has 0 saturated heterocycles. The summed E-state index contributed by atoms with van der Waals surface area (Å²) in [5, 5.41) is 18.5. The molecule has 12 heavy (non-hydrogen) atoms. The van der Waals surface area contributed by atoms with E-state index in [-0.39, 0.29) is 18.6 Å². The molecule has 3 atom stereocenters. The summed E-state index contributed by atoms with van der Waals surface area (Å²) in [4.78, 5) is 0. The molecule has 1 rings (SSSR count). The predicted molar refractivity (Wildman–Crippen MR) is 48.8 cm³/mol. The monoisotopic (exact) mass is 172 g/mol. The first-order chi connectivity index (χ1) is 5.77. The van der Waals surface area contributed by atoms with E-state index in [4.69, 9.17) is 5.11 Å². The summed E-state index contributed by atoms with van der Waals surface area (Å²) in [7, 11) is 0. The van der Waals surface area contributed by atoms with Crippen molar-refractivity contribution in [3.8, 4) is 0 Å². The van der Waals surface area contributed by atoms with Gasteiger partial charge < -0.3 is 10.2 Å². The fourth-order valence-corrected chi connectivity index (χ4v) is 2.21. The second-order valence-corrected chi connectivity index (χ2v) is 3.98. The van der Waals surface area contributed by atoms with Crippen molar-refractivity contribution in [1.82, 2.24) is 0 Å². The first-order valence-electron chi connectivity index (χ1n) is 5.06. The van der Waals surface area contributed by atoms with Crippen molar-refractivity contribution in [1.29, 1.82) is 0 Å². The summed E-state index contributed by atoms with van der Waals surface area (Å²) in [6, 6.07) is 0. The Bertz CT molecular complexity index is 125. The summed E-state index contributed by atoms with van der Waals surface area (Å²) in [6.07, 6.45) is 5.28. The lowest BCUT2D eigenvalue weighted by atomic mass is 9.78. The van der Waals surface area contributed by atoms with E-state index in [9.17, 15) is 5.11 Å². The number of rotatable bonds is 3. The van der Waals surface area contributed by atoms with Gasteiger partial charge in [-0.05, 0) is 25.2 Å². The molecule has 0 aromatic heterocycles. The van der Waals surface area contributed by atoms with Gasteiger partial charge in [0.1, 0.15) is 0 Å². The van der Waals surface area contributed by atoms with Crippen LogP contribution in [0.15, 0.2) is 0 Å². The third kappa shape index (κ3) is 2.46. The van der Waals surface area contributed by atoms with E-state index in [1.54, 1.807) is 0 Å². The molecule has 1 fully saturated rings. The maximum absolute atomic E-state index is 9.49. The highest BCUT2D eigenvalue weighted by atomic mass is 16.3. The standard InChI is InChI=1S/C10H20O2/c1-2-3-8-4-5-10(12)9(6-8)7-11/h8-12H,2-7H2,1H3. The highest BCUT2D eigenvalue weighted by Gasteiger charge is 2.27. The van der Waals surface area contributed by atoms with E-state index in [0.29, 0.717) is 0 Å². The molecule has 0 aliphatic heterocycles. The van der Waals surface area contributed by atoms with Gasteiger partial charge in [-0.3, -0.25) is 0 Å². The van der Waals surface area contributed by atoms with Gasteiger partial charge in [0.15, 0.2) is 0 Å². The Kier molecular flexibility index (Phi) is 4.02. The molecule has 0 radical (unpaired) electrons. The van der Waals surface area contributed by atoms with Crippen LogP contribution >= 0.6 is 0 Å². The summed E-state index contributed by atoms with van der Waals surface area (Å²) < 4.78 is 0. The first-order valence-corrected chi connectivity index (χ1v) is 5.06. The summed E-state index contributed by atoms with van der Waals surface area (Å²) >= 11 is 0. The fraction of sp³-hybridized carbons (Fsp3) is 1.00. The van der Waals surface area contributed by atoms with Crippen molar-refractivity contribution in [2.75, 3.05) is 6.61 Å². The highest BCUT2D eigenvalue weighted by Crippen LogP contribution is 2.31.